The molecule has 0 N–H and O–H groups in total. The van der Waals surface area contributed by atoms with Crippen molar-refractivity contribution in [2.75, 3.05) is 26.9 Å². The maximum Gasteiger partial charge on any atom is 0.254 e. The number of hydrogen-bond donors (Lipinski definition) is 0. The van der Waals surface area contributed by atoms with Crippen LogP contribution in [0.5, 0.6) is 0 Å². The Labute approximate surface area is 147 Å². The molecule has 0 bridgehead atoms. The maximum atomic E-state index is 14.0. The number of carbonyl (C=O) groups is 1. The molecule has 0 saturated heterocycles. The summed E-state index contributed by atoms with van der Waals surface area (Å²) in [6, 6.07) is 8.47. The van der Waals surface area contributed by atoms with E-state index in [4.69, 9.17) is 9.47 Å². The molecule has 134 valence electrons. The van der Waals surface area contributed by atoms with Gasteiger partial charge in [0.05, 0.1) is 25.9 Å². The van der Waals surface area contributed by atoms with Crippen LogP contribution in [0.1, 0.15) is 34.6 Å². The molecule has 1 aromatic carbocycles. The minimum Gasteiger partial charge on any atom is -0.382 e. The summed E-state index contributed by atoms with van der Waals surface area (Å²) in [5.74, 6) is -0.451. The Hall–Kier alpha value is -2.18. The van der Waals surface area contributed by atoms with Crippen molar-refractivity contribution in [2.24, 2.45) is 0 Å². The molecule has 5 nitrogen and oxygen atoms in total. The zero-order valence-corrected chi connectivity index (χ0v) is 14.6. The number of rotatable bonds is 6. The summed E-state index contributed by atoms with van der Waals surface area (Å²) in [5, 5.41) is 0. The third-order valence-corrected chi connectivity index (χ3v) is 4.58. The van der Waals surface area contributed by atoms with E-state index in [2.05, 4.69) is 4.57 Å². The molecule has 25 heavy (non-hydrogen) atoms. The fourth-order valence-corrected chi connectivity index (χ4v) is 3.16. The van der Waals surface area contributed by atoms with Crippen molar-refractivity contribution in [3.05, 3.63) is 59.2 Å². The van der Waals surface area contributed by atoms with Crippen LogP contribution in [0.4, 0.5) is 4.39 Å². The molecular weight excluding hydrogens is 323 g/mol. The monoisotopic (exact) mass is 346 g/mol. The van der Waals surface area contributed by atoms with Crippen molar-refractivity contribution in [3.8, 4) is 0 Å². The van der Waals surface area contributed by atoms with Crippen molar-refractivity contribution in [1.29, 1.82) is 0 Å². The predicted molar refractivity (Wildman–Crippen MR) is 91.8 cm³/mol. The molecule has 2 aromatic rings. The number of benzene rings is 1. The normalized spacial score (nSPS) is 16.8. The highest BCUT2D eigenvalue weighted by molar-refractivity contribution is 5.94. The van der Waals surface area contributed by atoms with Gasteiger partial charge in [-0.1, -0.05) is 0 Å². The molecule has 1 aliphatic heterocycles. The molecule has 1 atom stereocenters. The number of carbonyl (C=O) groups excluding carboxylic acids is 1. The summed E-state index contributed by atoms with van der Waals surface area (Å²) >= 11 is 0. The van der Waals surface area contributed by atoms with E-state index in [0.717, 1.165) is 12.2 Å². The number of ether oxygens (including phenoxy) is 2. The van der Waals surface area contributed by atoms with E-state index in [0.29, 0.717) is 30.9 Å². The van der Waals surface area contributed by atoms with Crippen molar-refractivity contribution < 1.29 is 18.7 Å². The van der Waals surface area contributed by atoms with Gasteiger partial charge in [0.25, 0.3) is 5.91 Å². The molecule has 2 heterocycles. The summed E-state index contributed by atoms with van der Waals surface area (Å²) in [4.78, 5) is 14.7. The molecule has 0 saturated carbocycles. The first-order valence-electron chi connectivity index (χ1n) is 8.43. The third-order valence-electron chi connectivity index (χ3n) is 4.58. The molecule has 0 aliphatic carbocycles. The SMILES string of the molecule is COCCOCc1cc(C(=O)N2CCn3cccc3C2C)ccc1F. The van der Waals surface area contributed by atoms with E-state index in [1.165, 1.54) is 12.1 Å². The second-order valence-corrected chi connectivity index (χ2v) is 6.15. The lowest BCUT2D eigenvalue weighted by Gasteiger charge is -2.35. The van der Waals surface area contributed by atoms with Gasteiger partial charge >= 0.3 is 0 Å². The van der Waals surface area contributed by atoms with Gasteiger partial charge in [-0.05, 0) is 37.3 Å². The lowest BCUT2D eigenvalue weighted by molar-refractivity contribution is 0.0599. The van der Waals surface area contributed by atoms with Gasteiger partial charge in [0.1, 0.15) is 5.82 Å². The molecule has 0 spiro atoms. The standard InChI is InChI=1S/C19H23FN2O3/c1-14-18-4-3-7-21(18)8-9-22(14)19(23)15-5-6-17(20)16(12-15)13-25-11-10-24-2/h3-7,12,14H,8-11,13H2,1-2H3. The number of hydrogen-bond acceptors (Lipinski definition) is 3. The number of amides is 1. The average Bonchev–Trinajstić information content (AvgIpc) is 3.09. The lowest BCUT2D eigenvalue weighted by atomic mass is 10.1. The summed E-state index contributed by atoms with van der Waals surface area (Å²) in [5.41, 5.74) is 1.98. The highest BCUT2D eigenvalue weighted by Crippen LogP contribution is 2.27. The van der Waals surface area contributed by atoms with E-state index >= 15 is 0 Å². The summed E-state index contributed by atoms with van der Waals surface area (Å²) in [6.45, 7) is 4.38. The van der Waals surface area contributed by atoms with Gasteiger partial charge in [0, 0.05) is 43.2 Å². The van der Waals surface area contributed by atoms with Gasteiger partial charge in [-0.15, -0.1) is 0 Å². The molecule has 1 aromatic heterocycles. The number of fused-ring (bicyclic) bond motifs is 1. The van der Waals surface area contributed by atoms with Crippen LogP contribution in [0.3, 0.4) is 0 Å². The Bertz CT molecular complexity index is 744. The Balaban J connectivity index is 1.74. The Morgan fingerprint density at radius 2 is 2.12 bits per heavy atom. The van der Waals surface area contributed by atoms with Crippen molar-refractivity contribution in [2.45, 2.75) is 26.1 Å². The second-order valence-electron chi connectivity index (χ2n) is 6.15. The maximum absolute atomic E-state index is 14.0. The summed E-state index contributed by atoms with van der Waals surface area (Å²) < 4.78 is 26.4. The summed E-state index contributed by atoms with van der Waals surface area (Å²) in [6.07, 6.45) is 2.03. The topological polar surface area (TPSA) is 43.7 Å². The van der Waals surface area contributed by atoms with Gasteiger partial charge in [-0.3, -0.25) is 4.79 Å². The number of methoxy groups -OCH3 is 1. The van der Waals surface area contributed by atoms with Crippen molar-refractivity contribution in [1.82, 2.24) is 9.47 Å². The van der Waals surface area contributed by atoms with Crippen LogP contribution in [0.2, 0.25) is 0 Å². The highest BCUT2D eigenvalue weighted by Gasteiger charge is 2.28. The lowest BCUT2D eigenvalue weighted by Crippen LogP contribution is -2.40. The second kappa shape index (κ2) is 7.80. The van der Waals surface area contributed by atoms with Crippen molar-refractivity contribution in [3.63, 3.8) is 0 Å². The number of halogens is 1. The first-order chi connectivity index (χ1) is 12.1. The minimum absolute atomic E-state index is 0.0114. The van der Waals surface area contributed by atoms with Crippen LogP contribution in [0, 0.1) is 5.82 Å². The van der Waals surface area contributed by atoms with Gasteiger partial charge in [-0.2, -0.15) is 0 Å². The fraction of sp³-hybridized carbons (Fsp3) is 0.421. The smallest absolute Gasteiger partial charge is 0.254 e. The zero-order chi connectivity index (χ0) is 17.8. The summed E-state index contributed by atoms with van der Waals surface area (Å²) in [7, 11) is 1.58. The molecule has 3 rings (SSSR count). The van der Waals surface area contributed by atoms with Crippen LogP contribution in [-0.2, 0) is 22.6 Å². The first kappa shape index (κ1) is 17.6. The van der Waals surface area contributed by atoms with Gasteiger partial charge in [0.15, 0.2) is 0 Å². The van der Waals surface area contributed by atoms with Crippen molar-refractivity contribution >= 4 is 5.91 Å². The Kier molecular flexibility index (Phi) is 5.50. The van der Waals surface area contributed by atoms with E-state index < -0.39 is 0 Å². The fourth-order valence-electron chi connectivity index (χ4n) is 3.16. The molecule has 0 radical (unpaired) electrons. The van der Waals surface area contributed by atoms with E-state index in [1.807, 2.05) is 30.2 Å². The van der Waals surface area contributed by atoms with Crippen LogP contribution in [0.25, 0.3) is 0 Å². The molecule has 1 unspecified atom stereocenters. The molecule has 0 fully saturated rings. The van der Waals surface area contributed by atoms with E-state index in [9.17, 15) is 9.18 Å². The predicted octanol–water partition coefficient (Wildman–Crippen LogP) is 3.01. The molecule has 1 aliphatic rings. The van der Waals surface area contributed by atoms with Gasteiger partial charge in [-0.25, -0.2) is 4.39 Å². The van der Waals surface area contributed by atoms with E-state index in [1.54, 1.807) is 13.2 Å². The number of aromatic nitrogens is 1. The minimum atomic E-state index is -0.366. The van der Waals surface area contributed by atoms with Crippen LogP contribution >= 0.6 is 0 Å². The van der Waals surface area contributed by atoms with Crippen LogP contribution < -0.4 is 0 Å². The molecule has 6 heteroatoms. The van der Waals surface area contributed by atoms with Crippen LogP contribution in [-0.4, -0.2) is 42.2 Å². The average molecular weight is 346 g/mol. The first-order valence-corrected chi connectivity index (χ1v) is 8.43. The van der Waals surface area contributed by atoms with Gasteiger partial charge < -0.3 is 18.9 Å². The Morgan fingerprint density at radius 3 is 2.92 bits per heavy atom. The zero-order valence-electron chi connectivity index (χ0n) is 14.6. The largest absolute Gasteiger partial charge is 0.382 e. The molecular formula is C19H23FN2O3. The van der Waals surface area contributed by atoms with E-state index in [-0.39, 0.29) is 24.4 Å². The quantitative estimate of drug-likeness (QED) is 0.755. The number of nitrogens with zero attached hydrogens (tertiary/aromatic N) is 2. The highest BCUT2D eigenvalue weighted by atomic mass is 19.1. The third kappa shape index (κ3) is 3.75. The van der Waals surface area contributed by atoms with Gasteiger partial charge in [0.2, 0.25) is 0 Å². The Morgan fingerprint density at radius 1 is 1.28 bits per heavy atom. The van der Waals surface area contributed by atoms with Crippen LogP contribution in [0.15, 0.2) is 36.5 Å². The molecule has 1 amide bonds.